The number of carbonyl (C=O) groups excluding carboxylic acids is 4. The maximum Gasteiger partial charge on any atom is 0.255 e. The van der Waals surface area contributed by atoms with Crippen LogP contribution in [-0.4, -0.2) is 100 Å². The molecule has 2 aromatic rings. The lowest BCUT2D eigenvalue weighted by atomic mass is 10.0. The molecule has 0 bridgehead atoms. The second kappa shape index (κ2) is 13.2. The van der Waals surface area contributed by atoms with E-state index in [1.54, 1.807) is 36.3 Å². The number of nitrogens with two attached hydrogens (primary N) is 2. The van der Waals surface area contributed by atoms with Crippen LogP contribution in [0.4, 0.5) is 0 Å². The summed E-state index contributed by atoms with van der Waals surface area (Å²) in [5, 5.41) is 5.51. The molecule has 0 unspecified atom stereocenters. The number of rotatable bonds is 3. The summed E-state index contributed by atoms with van der Waals surface area (Å²) in [5.41, 5.74) is 13.4. The molecular weight excluding hydrogens is 514 g/mol. The van der Waals surface area contributed by atoms with Crippen LogP contribution < -0.4 is 22.1 Å². The first-order chi connectivity index (χ1) is 19.2. The lowest BCUT2D eigenvalue weighted by molar-refractivity contribution is -0.134. The highest BCUT2D eigenvalue weighted by molar-refractivity contribution is 6.06. The van der Waals surface area contributed by atoms with Gasteiger partial charge in [-0.2, -0.15) is 0 Å². The largest absolute Gasteiger partial charge is 0.355 e. The number of fused-ring (bicyclic) bond motifs is 1. The Kier molecular flexibility index (Phi) is 9.69. The second-order valence-electron chi connectivity index (χ2n) is 10.9. The molecule has 218 valence electrons. The molecule has 6 rings (SSSR count). The van der Waals surface area contributed by atoms with Crippen LogP contribution in [0.15, 0.2) is 12.4 Å². The lowest BCUT2D eigenvalue weighted by Crippen LogP contribution is -2.50. The Bertz CT molecular complexity index is 1220. The highest BCUT2D eigenvalue weighted by Gasteiger charge is 2.30. The van der Waals surface area contributed by atoms with Crippen LogP contribution in [0.3, 0.4) is 0 Å². The summed E-state index contributed by atoms with van der Waals surface area (Å²) in [6.45, 7) is 2.41. The van der Waals surface area contributed by atoms with Crippen LogP contribution in [0, 0.1) is 0 Å². The number of amides is 4. The number of piperidine rings is 3. The van der Waals surface area contributed by atoms with E-state index in [2.05, 4.69) is 25.6 Å². The first-order valence-corrected chi connectivity index (χ1v) is 14.1. The molecule has 0 aromatic carbocycles. The van der Waals surface area contributed by atoms with Crippen LogP contribution in [0.25, 0.3) is 11.2 Å². The first-order valence-electron chi connectivity index (χ1n) is 14.1. The highest BCUT2D eigenvalue weighted by atomic mass is 16.2. The number of hydrogen-bond donors (Lipinski definition) is 5. The van der Waals surface area contributed by atoms with Gasteiger partial charge in [0.25, 0.3) is 5.91 Å². The third-order valence-corrected chi connectivity index (χ3v) is 7.64. The van der Waals surface area contributed by atoms with Crippen molar-refractivity contribution >= 4 is 34.8 Å². The fourth-order valence-corrected chi connectivity index (χ4v) is 4.92. The zero-order valence-corrected chi connectivity index (χ0v) is 23.3. The Morgan fingerprint density at radius 1 is 0.950 bits per heavy atom. The molecule has 3 saturated heterocycles. The molecule has 4 fully saturated rings. The van der Waals surface area contributed by atoms with Crippen LogP contribution in [-0.2, 0) is 14.4 Å². The number of likely N-dealkylation sites (tertiary alicyclic amines) is 2. The maximum absolute atomic E-state index is 12.6. The van der Waals surface area contributed by atoms with Gasteiger partial charge in [0.2, 0.25) is 17.7 Å². The zero-order valence-electron chi connectivity index (χ0n) is 23.3. The van der Waals surface area contributed by atoms with Gasteiger partial charge in [-0.1, -0.05) is 0 Å². The third kappa shape index (κ3) is 7.33. The summed E-state index contributed by atoms with van der Waals surface area (Å²) >= 11 is 0. The van der Waals surface area contributed by atoms with Crippen molar-refractivity contribution in [1.82, 2.24) is 35.4 Å². The Morgan fingerprint density at radius 3 is 2.23 bits per heavy atom. The summed E-state index contributed by atoms with van der Waals surface area (Å²) in [6, 6.07) is -0.932. The van der Waals surface area contributed by atoms with Crippen molar-refractivity contribution in [1.29, 1.82) is 0 Å². The topological polar surface area (TPSA) is 192 Å². The fourth-order valence-electron chi connectivity index (χ4n) is 4.92. The van der Waals surface area contributed by atoms with Crippen LogP contribution in [0.5, 0.6) is 0 Å². The predicted molar refractivity (Wildman–Crippen MR) is 149 cm³/mol. The Hall–Kier alpha value is -3.58. The first kappa shape index (κ1) is 29.4. The summed E-state index contributed by atoms with van der Waals surface area (Å²) in [7, 11) is 3.56. The molecule has 13 nitrogen and oxygen atoms in total. The van der Waals surface area contributed by atoms with E-state index in [0.29, 0.717) is 29.1 Å². The summed E-state index contributed by atoms with van der Waals surface area (Å²) in [4.78, 5) is 61.4. The van der Waals surface area contributed by atoms with Gasteiger partial charge < -0.3 is 36.9 Å². The number of likely N-dealkylation sites (N-methyl/N-ethyl adjacent to an activating group) is 2. The number of nitrogens with zero attached hydrogens (tertiary/aromatic N) is 4. The minimum Gasteiger partial charge on any atom is -0.355 e. The number of hydrogen-bond acceptors (Lipinski definition) is 8. The van der Waals surface area contributed by atoms with Gasteiger partial charge in [-0.25, -0.2) is 9.97 Å². The van der Waals surface area contributed by atoms with E-state index in [9.17, 15) is 19.2 Å². The third-order valence-electron chi connectivity index (χ3n) is 7.64. The molecule has 7 N–H and O–H groups in total. The number of aromatic amines is 1. The summed E-state index contributed by atoms with van der Waals surface area (Å²) < 4.78 is 0. The smallest absolute Gasteiger partial charge is 0.255 e. The van der Waals surface area contributed by atoms with Crippen LogP contribution >= 0.6 is 0 Å². The SMILES string of the molecule is CN1CCC[C@@H](N)C1=O.CN1CCC[C@@H](NC(=O)c2c[nH]c3ncc(C4CC4)nc23)C1=O.N[C@@H]1CCCNC1=O. The van der Waals surface area contributed by atoms with Gasteiger partial charge in [0, 0.05) is 45.8 Å². The molecule has 4 amide bonds. The van der Waals surface area contributed by atoms with Crippen molar-refractivity contribution in [2.75, 3.05) is 33.7 Å². The minimum absolute atomic E-state index is 0.00347. The zero-order chi connectivity index (χ0) is 28.8. The van der Waals surface area contributed by atoms with Gasteiger partial charge >= 0.3 is 0 Å². The fraction of sp³-hybridized carbons (Fsp3) is 0.630. The van der Waals surface area contributed by atoms with Crippen molar-refractivity contribution in [3.8, 4) is 0 Å². The normalized spacial score (nSPS) is 24.9. The van der Waals surface area contributed by atoms with E-state index in [1.165, 1.54) is 0 Å². The Morgan fingerprint density at radius 2 is 1.62 bits per heavy atom. The molecule has 13 heteroatoms. The average Bonchev–Trinajstić information content (AvgIpc) is 3.71. The van der Waals surface area contributed by atoms with E-state index >= 15 is 0 Å². The molecule has 40 heavy (non-hydrogen) atoms. The van der Waals surface area contributed by atoms with E-state index in [0.717, 1.165) is 70.3 Å². The second-order valence-corrected chi connectivity index (χ2v) is 10.9. The van der Waals surface area contributed by atoms with Crippen LogP contribution in [0.1, 0.15) is 73.3 Å². The number of aromatic nitrogens is 3. The molecule has 0 spiro atoms. The van der Waals surface area contributed by atoms with Gasteiger partial charge in [0.1, 0.15) is 11.6 Å². The van der Waals surface area contributed by atoms with E-state index in [-0.39, 0.29) is 35.7 Å². The molecule has 4 aliphatic rings. The number of H-pyrrole nitrogens is 1. The molecular formula is C27H41N9O4. The van der Waals surface area contributed by atoms with Gasteiger partial charge in [0.15, 0.2) is 5.65 Å². The van der Waals surface area contributed by atoms with Crippen molar-refractivity contribution in [3.05, 3.63) is 23.7 Å². The molecule has 0 radical (unpaired) electrons. The predicted octanol–water partition coefficient (Wildman–Crippen LogP) is -0.0245. The highest BCUT2D eigenvalue weighted by Crippen LogP contribution is 2.39. The van der Waals surface area contributed by atoms with Crippen LogP contribution in [0.2, 0.25) is 0 Å². The molecule has 3 aliphatic heterocycles. The standard InChI is InChI=1S/C16H19N5O2.C6H12N2O.C5H10N2O/c1-21-6-2-3-11(16(21)23)20-15(22)10-7-17-14-13(10)19-12(8-18-14)9-4-5-9;1-8-4-2-3-5(7)6(8)9;6-4-2-1-3-7-5(4)8/h7-9,11H,2-6H2,1H3,(H,17,18)(H,20,22);5H,2-4,7H2,1H3;4H,1-3,6H2,(H,7,8)/t11-;5-;4-/m111/s1. The molecule has 2 aromatic heterocycles. The number of carbonyl (C=O) groups is 4. The van der Waals surface area contributed by atoms with E-state index in [4.69, 9.17) is 11.5 Å². The molecule has 5 heterocycles. The summed E-state index contributed by atoms with van der Waals surface area (Å²) in [5.74, 6) is 0.255. The van der Waals surface area contributed by atoms with Gasteiger partial charge in [0.05, 0.1) is 29.5 Å². The monoisotopic (exact) mass is 555 g/mol. The minimum atomic E-state index is -0.453. The summed E-state index contributed by atoms with van der Waals surface area (Å²) in [6.07, 6.45) is 11.0. The number of nitrogens with one attached hydrogen (secondary N) is 3. The molecule has 1 saturated carbocycles. The average molecular weight is 556 g/mol. The van der Waals surface area contributed by atoms with E-state index < -0.39 is 6.04 Å². The van der Waals surface area contributed by atoms with Crippen molar-refractivity contribution in [2.24, 2.45) is 11.5 Å². The van der Waals surface area contributed by atoms with E-state index in [1.807, 2.05) is 0 Å². The quantitative estimate of drug-likeness (QED) is 0.349. The Labute approximate surface area is 233 Å². The van der Waals surface area contributed by atoms with Crippen molar-refractivity contribution in [3.63, 3.8) is 0 Å². The van der Waals surface area contributed by atoms with Crippen molar-refractivity contribution < 1.29 is 19.2 Å². The molecule has 1 aliphatic carbocycles. The molecule has 3 atom stereocenters. The maximum atomic E-state index is 12.6. The lowest BCUT2D eigenvalue weighted by Gasteiger charge is -2.29. The van der Waals surface area contributed by atoms with Gasteiger partial charge in [-0.05, 0) is 51.4 Å². The van der Waals surface area contributed by atoms with Gasteiger partial charge in [-0.3, -0.25) is 19.2 Å². The van der Waals surface area contributed by atoms with Crippen molar-refractivity contribution in [2.45, 2.75) is 75.4 Å². The Balaban J connectivity index is 0.000000178. The van der Waals surface area contributed by atoms with Gasteiger partial charge in [-0.15, -0.1) is 0 Å².